The molecule has 0 amide bonds. The number of nitrogens with one attached hydrogen (secondary N) is 1. The summed E-state index contributed by atoms with van der Waals surface area (Å²) in [6, 6.07) is 7.74. The lowest BCUT2D eigenvalue weighted by molar-refractivity contribution is 1.33. The van der Waals surface area contributed by atoms with Gasteiger partial charge in [-0.15, -0.1) is 0 Å². The molecule has 0 saturated heterocycles. The number of benzene rings is 1. The van der Waals surface area contributed by atoms with Gasteiger partial charge in [0.1, 0.15) is 0 Å². The SMILES string of the molecule is Nc1cnccc1Nc1cc(Br)ccc1Br. The first-order valence-corrected chi connectivity index (χ1v) is 6.17. The van der Waals surface area contributed by atoms with Crippen LogP contribution in [0.5, 0.6) is 0 Å². The summed E-state index contributed by atoms with van der Waals surface area (Å²) in [5.41, 5.74) is 8.22. The zero-order valence-corrected chi connectivity index (χ0v) is 11.4. The summed E-state index contributed by atoms with van der Waals surface area (Å²) in [6.07, 6.45) is 3.32. The maximum Gasteiger partial charge on any atom is 0.0739 e. The Morgan fingerprint density at radius 1 is 1.12 bits per heavy atom. The molecule has 3 nitrogen and oxygen atoms in total. The average Bonchev–Trinajstić information content (AvgIpc) is 2.27. The summed E-state index contributed by atoms with van der Waals surface area (Å²) in [5, 5.41) is 3.24. The molecule has 16 heavy (non-hydrogen) atoms. The molecule has 5 heteroatoms. The molecule has 0 atom stereocenters. The van der Waals surface area contributed by atoms with Gasteiger partial charge in [0.05, 0.1) is 23.3 Å². The lowest BCUT2D eigenvalue weighted by Crippen LogP contribution is -1.97. The van der Waals surface area contributed by atoms with E-state index in [0.717, 1.165) is 20.3 Å². The van der Waals surface area contributed by atoms with Crippen molar-refractivity contribution in [3.63, 3.8) is 0 Å². The Labute approximate surface area is 110 Å². The van der Waals surface area contributed by atoms with Crippen LogP contribution in [0.4, 0.5) is 17.1 Å². The zero-order valence-electron chi connectivity index (χ0n) is 8.24. The standard InChI is InChI=1S/C11H9Br2N3/c12-7-1-2-8(13)11(5-7)16-10-3-4-15-6-9(10)14/h1-6H,14H2,(H,15,16). The molecule has 1 aromatic carbocycles. The second kappa shape index (κ2) is 4.84. The molecule has 0 bridgehead atoms. The zero-order chi connectivity index (χ0) is 11.5. The van der Waals surface area contributed by atoms with Crippen LogP contribution in [0.1, 0.15) is 0 Å². The average molecular weight is 343 g/mol. The van der Waals surface area contributed by atoms with Gasteiger partial charge in [-0.05, 0) is 40.2 Å². The third kappa shape index (κ3) is 2.54. The molecule has 2 rings (SSSR count). The summed E-state index contributed by atoms with van der Waals surface area (Å²) in [6.45, 7) is 0. The van der Waals surface area contributed by atoms with E-state index in [9.17, 15) is 0 Å². The van der Waals surface area contributed by atoms with Crippen molar-refractivity contribution in [2.75, 3.05) is 11.1 Å². The second-order valence-corrected chi connectivity index (χ2v) is 4.98. The third-order valence-electron chi connectivity index (χ3n) is 2.05. The second-order valence-electron chi connectivity index (χ2n) is 3.21. The van der Waals surface area contributed by atoms with Crippen LogP contribution in [0.2, 0.25) is 0 Å². The van der Waals surface area contributed by atoms with Gasteiger partial charge < -0.3 is 11.1 Å². The first-order chi connectivity index (χ1) is 7.66. The quantitative estimate of drug-likeness (QED) is 0.869. The van der Waals surface area contributed by atoms with Crippen molar-refractivity contribution in [1.29, 1.82) is 0 Å². The van der Waals surface area contributed by atoms with Gasteiger partial charge >= 0.3 is 0 Å². The highest BCUT2D eigenvalue weighted by molar-refractivity contribution is 9.11. The number of nitrogens with zero attached hydrogens (tertiary/aromatic N) is 1. The van der Waals surface area contributed by atoms with Gasteiger partial charge in [-0.25, -0.2) is 0 Å². The van der Waals surface area contributed by atoms with Crippen molar-refractivity contribution in [3.8, 4) is 0 Å². The molecular weight excluding hydrogens is 334 g/mol. The van der Waals surface area contributed by atoms with Gasteiger partial charge in [-0.2, -0.15) is 0 Å². The van der Waals surface area contributed by atoms with E-state index >= 15 is 0 Å². The van der Waals surface area contributed by atoms with Gasteiger partial charge in [-0.3, -0.25) is 4.98 Å². The van der Waals surface area contributed by atoms with Crippen molar-refractivity contribution in [2.45, 2.75) is 0 Å². The van der Waals surface area contributed by atoms with Gasteiger partial charge in [0, 0.05) is 15.1 Å². The van der Waals surface area contributed by atoms with Crippen LogP contribution < -0.4 is 11.1 Å². The predicted molar refractivity (Wildman–Crippen MR) is 73.8 cm³/mol. The molecule has 0 radical (unpaired) electrons. The number of rotatable bonds is 2. The van der Waals surface area contributed by atoms with Gasteiger partial charge in [0.2, 0.25) is 0 Å². The fourth-order valence-corrected chi connectivity index (χ4v) is 1.97. The van der Waals surface area contributed by atoms with Crippen molar-refractivity contribution in [2.24, 2.45) is 0 Å². The Hall–Kier alpha value is -1.07. The van der Waals surface area contributed by atoms with Crippen LogP contribution in [0.3, 0.4) is 0 Å². The predicted octanol–water partition coefficient (Wildman–Crippen LogP) is 3.93. The molecule has 0 aliphatic heterocycles. The highest BCUT2D eigenvalue weighted by atomic mass is 79.9. The minimum Gasteiger partial charge on any atom is -0.396 e. The molecule has 0 fully saturated rings. The smallest absolute Gasteiger partial charge is 0.0739 e. The Kier molecular flexibility index (Phi) is 3.46. The molecule has 0 unspecified atom stereocenters. The molecule has 0 aliphatic carbocycles. The van der Waals surface area contributed by atoms with Crippen LogP contribution >= 0.6 is 31.9 Å². The molecule has 3 N–H and O–H groups in total. The number of nitrogens with two attached hydrogens (primary N) is 1. The Morgan fingerprint density at radius 3 is 2.69 bits per heavy atom. The number of nitrogen functional groups attached to an aromatic ring is 1. The number of aromatic nitrogens is 1. The van der Waals surface area contributed by atoms with E-state index in [4.69, 9.17) is 5.73 Å². The molecule has 82 valence electrons. The molecule has 0 saturated carbocycles. The summed E-state index contributed by atoms with van der Waals surface area (Å²) >= 11 is 6.90. The maximum absolute atomic E-state index is 5.80. The van der Waals surface area contributed by atoms with E-state index in [1.807, 2.05) is 24.3 Å². The lowest BCUT2D eigenvalue weighted by atomic mass is 10.3. The maximum atomic E-state index is 5.80. The largest absolute Gasteiger partial charge is 0.396 e. The van der Waals surface area contributed by atoms with E-state index < -0.39 is 0 Å². The van der Waals surface area contributed by atoms with Crippen LogP contribution in [0.25, 0.3) is 0 Å². The minimum atomic E-state index is 0.620. The topological polar surface area (TPSA) is 50.9 Å². The third-order valence-corrected chi connectivity index (χ3v) is 3.23. The van der Waals surface area contributed by atoms with Crippen LogP contribution in [0, 0.1) is 0 Å². The van der Waals surface area contributed by atoms with E-state index in [1.165, 1.54) is 0 Å². The Balaban J connectivity index is 2.34. The van der Waals surface area contributed by atoms with E-state index in [0.29, 0.717) is 5.69 Å². The summed E-state index contributed by atoms with van der Waals surface area (Å²) < 4.78 is 1.98. The van der Waals surface area contributed by atoms with Gasteiger partial charge in [0.25, 0.3) is 0 Å². The molecule has 1 heterocycles. The van der Waals surface area contributed by atoms with Crippen molar-refractivity contribution < 1.29 is 0 Å². The number of anilines is 3. The number of halogens is 2. The fourth-order valence-electron chi connectivity index (χ4n) is 1.26. The van der Waals surface area contributed by atoms with Gasteiger partial charge in [0.15, 0.2) is 0 Å². The van der Waals surface area contributed by atoms with Gasteiger partial charge in [-0.1, -0.05) is 15.9 Å². The van der Waals surface area contributed by atoms with Crippen LogP contribution in [-0.2, 0) is 0 Å². The molecular formula is C11H9Br2N3. The van der Waals surface area contributed by atoms with Crippen molar-refractivity contribution >= 4 is 48.9 Å². The molecule has 1 aromatic heterocycles. The number of hydrogen-bond donors (Lipinski definition) is 2. The number of hydrogen-bond acceptors (Lipinski definition) is 3. The Morgan fingerprint density at radius 2 is 1.94 bits per heavy atom. The van der Waals surface area contributed by atoms with E-state index in [2.05, 4.69) is 42.2 Å². The highest BCUT2D eigenvalue weighted by Crippen LogP contribution is 2.30. The summed E-state index contributed by atoms with van der Waals surface area (Å²) in [7, 11) is 0. The number of pyridine rings is 1. The highest BCUT2D eigenvalue weighted by Gasteiger charge is 2.03. The van der Waals surface area contributed by atoms with Crippen molar-refractivity contribution in [3.05, 3.63) is 45.6 Å². The first kappa shape index (κ1) is 11.4. The fraction of sp³-hybridized carbons (Fsp3) is 0. The summed E-state index contributed by atoms with van der Waals surface area (Å²) in [4.78, 5) is 3.94. The molecule has 0 spiro atoms. The first-order valence-electron chi connectivity index (χ1n) is 4.58. The minimum absolute atomic E-state index is 0.620. The van der Waals surface area contributed by atoms with Crippen LogP contribution in [-0.4, -0.2) is 4.98 Å². The monoisotopic (exact) mass is 341 g/mol. The Bertz CT molecular complexity index is 514. The molecule has 0 aliphatic rings. The molecule has 2 aromatic rings. The van der Waals surface area contributed by atoms with Crippen molar-refractivity contribution in [1.82, 2.24) is 4.98 Å². The van der Waals surface area contributed by atoms with E-state index in [-0.39, 0.29) is 0 Å². The summed E-state index contributed by atoms with van der Waals surface area (Å²) in [5.74, 6) is 0. The lowest BCUT2D eigenvalue weighted by Gasteiger charge is -2.10. The van der Waals surface area contributed by atoms with E-state index in [1.54, 1.807) is 12.4 Å². The van der Waals surface area contributed by atoms with Crippen LogP contribution in [0.15, 0.2) is 45.6 Å². The normalized spacial score (nSPS) is 10.1.